The van der Waals surface area contributed by atoms with Crippen LogP contribution < -0.4 is 19.1 Å². The Balaban J connectivity index is 1.47. The number of methoxy groups -OCH3 is 2. The molecule has 5 rings (SSSR count). The topological polar surface area (TPSA) is 51.2 Å². The highest BCUT2D eigenvalue weighted by molar-refractivity contribution is 6.17. The van der Waals surface area contributed by atoms with Crippen LogP contribution in [0.4, 0.5) is 5.69 Å². The summed E-state index contributed by atoms with van der Waals surface area (Å²) in [5.41, 5.74) is 5.67. The van der Waals surface area contributed by atoms with Crippen molar-refractivity contribution in [1.82, 2.24) is 4.90 Å². The van der Waals surface area contributed by atoms with Gasteiger partial charge in [0.15, 0.2) is 11.5 Å². The van der Waals surface area contributed by atoms with Crippen molar-refractivity contribution in [3.8, 4) is 17.2 Å². The van der Waals surface area contributed by atoms with Gasteiger partial charge in [0.2, 0.25) is 5.78 Å². The molecule has 190 valence electrons. The van der Waals surface area contributed by atoms with Crippen molar-refractivity contribution in [2.75, 3.05) is 46.3 Å². The number of benzene rings is 3. The molecule has 37 heavy (non-hydrogen) atoms. The van der Waals surface area contributed by atoms with Crippen molar-refractivity contribution in [2.24, 2.45) is 0 Å². The first-order valence-electron chi connectivity index (χ1n) is 12.4. The van der Waals surface area contributed by atoms with Gasteiger partial charge in [-0.05, 0) is 41.3 Å². The number of hydrogen-bond donors (Lipinski definition) is 0. The van der Waals surface area contributed by atoms with Crippen molar-refractivity contribution in [1.29, 1.82) is 0 Å². The molecule has 0 radical (unpaired) electrons. The van der Waals surface area contributed by atoms with Crippen LogP contribution >= 0.6 is 0 Å². The Morgan fingerprint density at radius 3 is 2.30 bits per heavy atom. The summed E-state index contributed by atoms with van der Waals surface area (Å²) >= 11 is 0. The molecule has 0 amide bonds. The fourth-order valence-corrected chi connectivity index (χ4v) is 4.87. The van der Waals surface area contributed by atoms with Gasteiger partial charge in [0, 0.05) is 45.5 Å². The standard InChI is InChI=1S/C31H32N2O4/c1-32(2)24-12-10-21(11-13-24)18-27-30(34)29-26(36-4)19-25(35-3)28(31(29)37-27)23-14-16-33(17-15-23)20-22-8-6-5-7-9-22/h5-14,18-19H,15-17,20H2,1-4H3. The van der Waals surface area contributed by atoms with E-state index in [4.69, 9.17) is 14.2 Å². The van der Waals surface area contributed by atoms with Gasteiger partial charge in [0.1, 0.15) is 17.1 Å². The maximum Gasteiger partial charge on any atom is 0.235 e. The minimum absolute atomic E-state index is 0.186. The second kappa shape index (κ2) is 10.5. The number of nitrogens with zero attached hydrogens (tertiary/aromatic N) is 2. The van der Waals surface area contributed by atoms with E-state index in [0.29, 0.717) is 22.8 Å². The first-order chi connectivity index (χ1) is 18.0. The van der Waals surface area contributed by atoms with E-state index in [2.05, 4.69) is 35.2 Å². The van der Waals surface area contributed by atoms with Gasteiger partial charge in [0.25, 0.3) is 0 Å². The van der Waals surface area contributed by atoms with Crippen LogP contribution in [0.25, 0.3) is 11.6 Å². The number of fused-ring (bicyclic) bond motifs is 1. The van der Waals surface area contributed by atoms with Gasteiger partial charge in [0.05, 0.1) is 19.8 Å². The molecule has 0 saturated carbocycles. The molecule has 6 heteroatoms. The van der Waals surface area contributed by atoms with E-state index in [9.17, 15) is 4.79 Å². The summed E-state index contributed by atoms with van der Waals surface area (Å²) in [5.74, 6) is 1.70. The zero-order valence-corrected chi connectivity index (χ0v) is 21.8. The third-order valence-electron chi connectivity index (χ3n) is 6.88. The molecule has 3 aromatic rings. The average Bonchev–Trinajstić information content (AvgIpc) is 3.24. The van der Waals surface area contributed by atoms with Gasteiger partial charge >= 0.3 is 0 Å². The molecule has 0 N–H and O–H groups in total. The zero-order chi connectivity index (χ0) is 25.9. The lowest BCUT2D eigenvalue weighted by molar-refractivity contribution is 0.101. The van der Waals surface area contributed by atoms with Crippen molar-refractivity contribution < 1.29 is 19.0 Å². The summed E-state index contributed by atoms with van der Waals surface area (Å²) in [4.78, 5) is 17.9. The van der Waals surface area contributed by atoms with Crippen LogP contribution in [0, 0.1) is 0 Å². The van der Waals surface area contributed by atoms with Crippen LogP contribution in [-0.2, 0) is 6.54 Å². The second-order valence-electron chi connectivity index (χ2n) is 9.49. The maximum atomic E-state index is 13.5. The Morgan fingerprint density at radius 1 is 0.973 bits per heavy atom. The SMILES string of the molecule is COc1cc(OC)c(C2=CCN(Cc3ccccc3)CC2)c2c1C(=O)C(=Cc1ccc(N(C)C)cc1)O2. The van der Waals surface area contributed by atoms with Gasteiger partial charge in [-0.25, -0.2) is 0 Å². The summed E-state index contributed by atoms with van der Waals surface area (Å²) in [6.07, 6.45) is 4.82. The van der Waals surface area contributed by atoms with E-state index in [-0.39, 0.29) is 11.5 Å². The smallest absolute Gasteiger partial charge is 0.235 e. The number of rotatable bonds is 7. The van der Waals surface area contributed by atoms with Gasteiger partial charge in [-0.15, -0.1) is 0 Å². The Bertz CT molecular complexity index is 1360. The Hall–Kier alpha value is -4.03. The maximum absolute atomic E-state index is 13.5. The highest BCUT2D eigenvalue weighted by Crippen LogP contribution is 2.49. The summed E-state index contributed by atoms with van der Waals surface area (Å²) in [6, 6.07) is 20.3. The number of hydrogen-bond acceptors (Lipinski definition) is 6. The molecule has 0 fully saturated rings. The van der Waals surface area contributed by atoms with Crippen molar-refractivity contribution in [2.45, 2.75) is 13.0 Å². The normalized spacial score (nSPS) is 16.3. The quantitative estimate of drug-likeness (QED) is 0.393. The molecule has 0 spiro atoms. The zero-order valence-electron chi connectivity index (χ0n) is 21.8. The lowest BCUT2D eigenvalue weighted by Crippen LogP contribution is -2.28. The molecular weight excluding hydrogens is 464 g/mol. The summed E-state index contributed by atoms with van der Waals surface area (Å²) < 4.78 is 17.6. The highest BCUT2D eigenvalue weighted by Gasteiger charge is 2.36. The molecule has 0 bridgehead atoms. The summed E-state index contributed by atoms with van der Waals surface area (Å²) in [6.45, 7) is 2.61. The van der Waals surface area contributed by atoms with E-state index in [0.717, 1.165) is 48.4 Å². The fraction of sp³-hybridized carbons (Fsp3) is 0.258. The molecule has 0 saturated heterocycles. The number of carbonyl (C=O) groups excluding carboxylic acids is 1. The monoisotopic (exact) mass is 496 g/mol. The van der Waals surface area contributed by atoms with E-state index in [1.807, 2.05) is 49.3 Å². The van der Waals surface area contributed by atoms with Gasteiger partial charge < -0.3 is 19.1 Å². The van der Waals surface area contributed by atoms with E-state index < -0.39 is 0 Å². The van der Waals surface area contributed by atoms with E-state index >= 15 is 0 Å². The highest BCUT2D eigenvalue weighted by atomic mass is 16.5. The first-order valence-corrected chi connectivity index (χ1v) is 12.4. The van der Waals surface area contributed by atoms with Crippen LogP contribution in [0.5, 0.6) is 17.2 Å². The van der Waals surface area contributed by atoms with Crippen LogP contribution in [0.3, 0.4) is 0 Å². The van der Waals surface area contributed by atoms with Crippen LogP contribution in [0.15, 0.2) is 72.5 Å². The van der Waals surface area contributed by atoms with Gasteiger partial charge in [-0.3, -0.25) is 9.69 Å². The summed E-state index contributed by atoms with van der Waals surface area (Å²) in [5, 5.41) is 0. The van der Waals surface area contributed by atoms with Gasteiger partial charge in [-0.1, -0.05) is 48.5 Å². The third kappa shape index (κ3) is 4.98. The van der Waals surface area contributed by atoms with Crippen molar-refractivity contribution in [3.63, 3.8) is 0 Å². The Kier molecular flexibility index (Phi) is 7.01. The molecule has 6 nitrogen and oxygen atoms in total. The number of anilines is 1. The van der Waals surface area contributed by atoms with Crippen LogP contribution in [0.2, 0.25) is 0 Å². The molecule has 0 aliphatic carbocycles. The average molecular weight is 497 g/mol. The predicted molar refractivity (Wildman–Crippen MR) is 148 cm³/mol. The molecule has 0 atom stereocenters. The molecule has 3 aromatic carbocycles. The largest absolute Gasteiger partial charge is 0.496 e. The minimum Gasteiger partial charge on any atom is -0.496 e. The fourth-order valence-electron chi connectivity index (χ4n) is 4.87. The van der Waals surface area contributed by atoms with E-state index in [1.54, 1.807) is 26.4 Å². The number of ether oxygens (including phenoxy) is 3. The van der Waals surface area contributed by atoms with E-state index in [1.165, 1.54) is 5.56 Å². The minimum atomic E-state index is -0.186. The van der Waals surface area contributed by atoms with Gasteiger partial charge in [-0.2, -0.15) is 0 Å². The Labute approximate surface area is 218 Å². The molecule has 0 aromatic heterocycles. The molecular formula is C31H32N2O4. The molecule has 2 aliphatic heterocycles. The lowest BCUT2D eigenvalue weighted by Gasteiger charge is -2.27. The van der Waals surface area contributed by atoms with Crippen LogP contribution in [-0.4, -0.2) is 52.1 Å². The lowest BCUT2D eigenvalue weighted by atomic mass is 9.94. The van der Waals surface area contributed by atoms with Crippen molar-refractivity contribution in [3.05, 3.63) is 94.8 Å². The number of allylic oxidation sites excluding steroid dienone is 1. The van der Waals surface area contributed by atoms with Crippen LogP contribution in [0.1, 0.15) is 33.5 Å². The number of ketones is 1. The number of carbonyl (C=O) groups is 1. The molecule has 2 aliphatic rings. The third-order valence-corrected chi connectivity index (χ3v) is 6.88. The molecule has 0 unspecified atom stereocenters. The predicted octanol–water partition coefficient (Wildman–Crippen LogP) is 5.68. The summed E-state index contributed by atoms with van der Waals surface area (Å²) in [7, 11) is 7.19. The van der Waals surface area contributed by atoms with Crippen molar-refractivity contribution >= 4 is 23.1 Å². The molecule has 2 heterocycles. The Morgan fingerprint density at radius 2 is 1.68 bits per heavy atom. The number of Topliss-reactive ketones (excluding diaryl/α,β-unsaturated/α-hetero) is 1. The second-order valence-corrected chi connectivity index (χ2v) is 9.49. The first kappa shape index (κ1) is 24.7.